The SMILES string of the molecule is CCNC(=O)CN(CC)C(=O)[C@H]1C[C@H]1c1cccc(Cl)c1. The molecule has 0 unspecified atom stereocenters. The van der Waals surface area contributed by atoms with E-state index in [-0.39, 0.29) is 30.2 Å². The van der Waals surface area contributed by atoms with Crippen molar-refractivity contribution < 1.29 is 9.59 Å². The molecule has 0 aromatic heterocycles. The minimum Gasteiger partial charge on any atom is -0.355 e. The molecule has 0 heterocycles. The maximum absolute atomic E-state index is 12.5. The minimum absolute atomic E-state index is 0.0159. The highest BCUT2D eigenvalue weighted by Crippen LogP contribution is 2.48. The second kappa shape index (κ2) is 6.94. The first-order valence-electron chi connectivity index (χ1n) is 7.37. The molecule has 0 radical (unpaired) electrons. The zero-order valence-electron chi connectivity index (χ0n) is 12.4. The van der Waals surface area contributed by atoms with Crippen LogP contribution in [0.5, 0.6) is 0 Å². The summed E-state index contributed by atoms with van der Waals surface area (Å²) in [6.45, 7) is 5.04. The molecule has 1 aliphatic carbocycles. The van der Waals surface area contributed by atoms with E-state index < -0.39 is 0 Å². The fourth-order valence-corrected chi connectivity index (χ4v) is 2.78. The summed E-state index contributed by atoms with van der Waals surface area (Å²) in [6.07, 6.45) is 0.838. The van der Waals surface area contributed by atoms with E-state index in [1.807, 2.05) is 38.1 Å². The van der Waals surface area contributed by atoms with Gasteiger partial charge in [-0.25, -0.2) is 0 Å². The van der Waals surface area contributed by atoms with Crippen LogP contribution in [0.3, 0.4) is 0 Å². The Morgan fingerprint density at radius 1 is 1.38 bits per heavy atom. The average molecular weight is 309 g/mol. The van der Waals surface area contributed by atoms with Gasteiger partial charge in [0.25, 0.3) is 0 Å². The van der Waals surface area contributed by atoms with Crippen molar-refractivity contribution in [1.82, 2.24) is 10.2 Å². The second-order valence-corrected chi connectivity index (χ2v) is 5.75. The van der Waals surface area contributed by atoms with Crippen molar-refractivity contribution in [3.8, 4) is 0 Å². The molecule has 4 nitrogen and oxygen atoms in total. The molecule has 114 valence electrons. The van der Waals surface area contributed by atoms with Crippen molar-refractivity contribution in [1.29, 1.82) is 0 Å². The fourth-order valence-electron chi connectivity index (χ4n) is 2.58. The van der Waals surface area contributed by atoms with Gasteiger partial charge in [-0.15, -0.1) is 0 Å². The summed E-state index contributed by atoms with van der Waals surface area (Å²) in [5.74, 6) is 0.179. The van der Waals surface area contributed by atoms with Gasteiger partial charge in [0.05, 0.1) is 6.54 Å². The monoisotopic (exact) mass is 308 g/mol. The minimum atomic E-state index is -0.104. The molecule has 21 heavy (non-hydrogen) atoms. The van der Waals surface area contributed by atoms with Crippen molar-refractivity contribution >= 4 is 23.4 Å². The van der Waals surface area contributed by atoms with Crippen LogP contribution in [0.2, 0.25) is 5.02 Å². The quantitative estimate of drug-likeness (QED) is 0.877. The molecule has 2 rings (SSSR count). The topological polar surface area (TPSA) is 49.4 Å². The molecule has 0 saturated heterocycles. The maximum atomic E-state index is 12.5. The number of amides is 2. The van der Waals surface area contributed by atoms with E-state index in [9.17, 15) is 9.59 Å². The van der Waals surface area contributed by atoms with Crippen LogP contribution in [0.1, 0.15) is 31.7 Å². The third-order valence-corrected chi connectivity index (χ3v) is 4.02. The first-order valence-corrected chi connectivity index (χ1v) is 7.75. The Labute approximate surface area is 130 Å². The number of carbonyl (C=O) groups is 2. The summed E-state index contributed by atoms with van der Waals surface area (Å²) in [6, 6.07) is 7.66. The summed E-state index contributed by atoms with van der Waals surface area (Å²) >= 11 is 5.99. The molecule has 0 bridgehead atoms. The highest BCUT2D eigenvalue weighted by Gasteiger charge is 2.45. The fraction of sp³-hybridized carbons (Fsp3) is 0.500. The van der Waals surface area contributed by atoms with E-state index in [2.05, 4.69) is 5.32 Å². The number of likely N-dealkylation sites (N-methyl/N-ethyl adjacent to an activating group) is 2. The van der Waals surface area contributed by atoms with Crippen LogP contribution in [0, 0.1) is 5.92 Å². The van der Waals surface area contributed by atoms with Gasteiger partial charge in [0, 0.05) is 24.0 Å². The average Bonchev–Trinajstić information content (AvgIpc) is 3.25. The van der Waals surface area contributed by atoms with Gasteiger partial charge in [-0.1, -0.05) is 23.7 Å². The van der Waals surface area contributed by atoms with Crippen molar-refractivity contribution in [2.24, 2.45) is 5.92 Å². The lowest BCUT2D eigenvalue weighted by molar-refractivity contribution is -0.137. The smallest absolute Gasteiger partial charge is 0.239 e. The Bertz CT molecular complexity index is 533. The van der Waals surface area contributed by atoms with Crippen LogP contribution >= 0.6 is 11.6 Å². The number of halogens is 1. The number of hydrogen-bond donors (Lipinski definition) is 1. The van der Waals surface area contributed by atoms with Crippen LogP contribution in [-0.4, -0.2) is 36.3 Å². The molecule has 1 aromatic carbocycles. The highest BCUT2D eigenvalue weighted by molar-refractivity contribution is 6.30. The first-order chi connectivity index (χ1) is 10.1. The van der Waals surface area contributed by atoms with Crippen LogP contribution in [0.4, 0.5) is 0 Å². The Morgan fingerprint density at radius 3 is 2.76 bits per heavy atom. The van der Waals surface area contributed by atoms with E-state index in [1.165, 1.54) is 0 Å². The van der Waals surface area contributed by atoms with E-state index >= 15 is 0 Å². The summed E-state index contributed by atoms with van der Waals surface area (Å²) in [5.41, 5.74) is 1.11. The molecule has 0 spiro atoms. The standard InChI is InChI=1S/C16H21ClN2O2/c1-3-18-15(20)10-19(4-2)16(21)14-9-13(14)11-6-5-7-12(17)8-11/h5-8,13-14H,3-4,9-10H2,1-2H3,(H,18,20)/t13-,14-/m0/s1. The van der Waals surface area contributed by atoms with Gasteiger partial charge < -0.3 is 10.2 Å². The maximum Gasteiger partial charge on any atom is 0.239 e. The van der Waals surface area contributed by atoms with Gasteiger partial charge in [-0.05, 0) is 43.9 Å². The van der Waals surface area contributed by atoms with E-state index in [0.717, 1.165) is 12.0 Å². The molecule has 2 atom stereocenters. The predicted molar refractivity (Wildman–Crippen MR) is 83.2 cm³/mol. The van der Waals surface area contributed by atoms with Crippen molar-refractivity contribution in [3.63, 3.8) is 0 Å². The zero-order valence-corrected chi connectivity index (χ0v) is 13.2. The van der Waals surface area contributed by atoms with E-state index in [4.69, 9.17) is 11.6 Å². The number of hydrogen-bond acceptors (Lipinski definition) is 2. The molecule has 0 aliphatic heterocycles. The van der Waals surface area contributed by atoms with E-state index in [0.29, 0.717) is 18.1 Å². The number of carbonyl (C=O) groups excluding carboxylic acids is 2. The Kier molecular flexibility index (Phi) is 5.23. The lowest BCUT2D eigenvalue weighted by atomic mass is 10.1. The summed E-state index contributed by atoms with van der Waals surface area (Å²) < 4.78 is 0. The molecule has 1 N–H and O–H groups in total. The molecule has 1 aromatic rings. The molecule has 5 heteroatoms. The molecule has 1 saturated carbocycles. The molecule has 2 amide bonds. The Balaban J connectivity index is 1.96. The number of benzene rings is 1. The summed E-state index contributed by atoms with van der Waals surface area (Å²) in [5, 5.41) is 3.42. The second-order valence-electron chi connectivity index (χ2n) is 5.31. The number of rotatable bonds is 6. The molecular weight excluding hydrogens is 288 g/mol. The lowest BCUT2D eigenvalue weighted by Crippen LogP contribution is -2.41. The van der Waals surface area contributed by atoms with Gasteiger partial charge in [0.15, 0.2) is 0 Å². The van der Waals surface area contributed by atoms with Crippen LogP contribution < -0.4 is 5.32 Å². The molecule has 1 fully saturated rings. The Morgan fingerprint density at radius 2 is 2.14 bits per heavy atom. The molecule has 1 aliphatic rings. The van der Waals surface area contributed by atoms with Gasteiger partial charge >= 0.3 is 0 Å². The summed E-state index contributed by atoms with van der Waals surface area (Å²) in [7, 11) is 0. The number of nitrogens with one attached hydrogen (secondary N) is 1. The van der Waals surface area contributed by atoms with Crippen LogP contribution in [0.15, 0.2) is 24.3 Å². The zero-order chi connectivity index (χ0) is 15.4. The Hall–Kier alpha value is -1.55. The predicted octanol–water partition coefficient (Wildman–Crippen LogP) is 2.43. The van der Waals surface area contributed by atoms with E-state index in [1.54, 1.807) is 4.90 Å². The first kappa shape index (κ1) is 15.8. The van der Waals surface area contributed by atoms with Crippen molar-refractivity contribution in [2.75, 3.05) is 19.6 Å². The number of nitrogens with zero attached hydrogens (tertiary/aromatic N) is 1. The van der Waals surface area contributed by atoms with Crippen molar-refractivity contribution in [3.05, 3.63) is 34.9 Å². The van der Waals surface area contributed by atoms with Crippen LogP contribution in [-0.2, 0) is 9.59 Å². The van der Waals surface area contributed by atoms with Gasteiger partial charge in [-0.2, -0.15) is 0 Å². The highest BCUT2D eigenvalue weighted by atomic mass is 35.5. The summed E-state index contributed by atoms with van der Waals surface area (Å²) in [4.78, 5) is 25.7. The van der Waals surface area contributed by atoms with Gasteiger partial charge in [0.2, 0.25) is 11.8 Å². The van der Waals surface area contributed by atoms with Gasteiger partial charge in [-0.3, -0.25) is 9.59 Å². The third kappa shape index (κ3) is 3.97. The molecular formula is C16H21ClN2O2. The third-order valence-electron chi connectivity index (χ3n) is 3.79. The largest absolute Gasteiger partial charge is 0.355 e. The van der Waals surface area contributed by atoms with Gasteiger partial charge in [0.1, 0.15) is 0 Å². The van der Waals surface area contributed by atoms with Crippen LogP contribution in [0.25, 0.3) is 0 Å². The normalized spacial score (nSPS) is 20.0. The lowest BCUT2D eigenvalue weighted by Gasteiger charge is -2.20. The van der Waals surface area contributed by atoms with Crippen molar-refractivity contribution in [2.45, 2.75) is 26.2 Å².